The van der Waals surface area contributed by atoms with Gasteiger partial charge in [0, 0.05) is 12.6 Å². The van der Waals surface area contributed by atoms with E-state index in [1.807, 2.05) is 6.07 Å². The zero-order valence-corrected chi connectivity index (χ0v) is 12.2. The number of nitrogens with one attached hydrogen (secondary N) is 1. The number of anilines is 1. The Labute approximate surface area is 116 Å². The van der Waals surface area contributed by atoms with E-state index in [1.165, 1.54) is 0 Å². The molecule has 5 heteroatoms. The number of nitrogens with zero attached hydrogens (tertiary/aromatic N) is 1. The summed E-state index contributed by atoms with van der Waals surface area (Å²) < 4.78 is 0.660. The molecule has 0 aromatic carbocycles. The highest BCUT2D eigenvalue weighted by atomic mass is 79.9. The van der Waals surface area contributed by atoms with Crippen molar-refractivity contribution in [3.8, 4) is 0 Å². The van der Waals surface area contributed by atoms with E-state index in [0.29, 0.717) is 23.5 Å². The van der Waals surface area contributed by atoms with Crippen molar-refractivity contribution < 1.29 is 4.79 Å². The summed E-state index contributed by atoms with van der Waals surface area (Å²) in [5, 5.41) is 2.85. The van der Waals surface area contributed by atoms with E-state index in [4.69, 9.17) is 5.73 Å². The van der Waals surface area contributed by atoms with Crippen molar-refractivity contribution in [3.63, 3.8) is 0 Å². The second-order valence-electron chi connectivity index (χ2n) is 4.28. The second-order valence-corrected chi connectivity index (χ2v) is 5.03. The van der Waals surface area contributed by atoms with Crippen LogP contribution in [0.25, 0.3) is 0 Å². The second kappa shape index (κ2) is 8.21. The summed E-state index contributed by atoms with van der Waals surface area (Å²) in [4.78, 5) is 15.9. The highest BCUT2D eigenvalue weighted by molar-refractivity contribution is 9.10. The van der Waals surface area contributed by atoms with Crippen LogP contribution in [0.15, 0.2) is 22.9 Å². The summed E-state index contributed by atoms with van der Waals surface area (Å²) in [6.07, 6.45) is 5.15. The molecule has 3 N–H and O–H groups in total. The molecule has 0 aliphatic heterocycles. The van der Waals surface area contributed by atoms with E-state index >= 15 is 0 Å². The van der Waals surface area contributed by atoms with Crippen molar-refractivity contribution >= 4 is 27.5 Å². The molecule has 0 radical (unpaired) electrons. The Kier molecular flexibility index (Phi) is 6.90. The van der Waals surface area contributed by atoms with Crippen LogP contribution in [0.2, 0.25) is 0 Å². The van der Waals surface area contributed by atoms with E-state index in [-0.39, 0.29) is 5.91 Å². The lowest BCUT2D eigenvalue weighted by Gasteiger charge is -2.13. The van der Waals surface area contributed by atoms with Crippen LogP contribution in [0.3, 0.4) is 0 Å². The van der Waals surface area contributed by atoms with Crippen LogP contribution >= 0.6 is 15.9 Å². The number of carbonyl (C=O) groups excluding carboxylic acids is 1. The number of nitrogens with two attached hydrogens (primary N) is 1. The number of halogens is 1. The van der Waals surface area contributed by atoms with Gasteiger partial charge in [0.25, 0.3) is 0 Å². The maximum atomic E-state index is 11.8. The molecule has 0 bridgehead atoms. The minimum Gasteiger partial charge on any atom is -0.330 e. The van der Waals surface area contributed by atoms with Crippen molar-refractivity contribution in [2.24, 2.45) is 11.7 Å². The molecule has 1 unspecified atom stereocenters. The molecule has 0 saturated carbocycles. The third-order valence-corrected chi connectivity index (χ3v) is 3.60. The highest BCUT2D eigenvalue weighted by Crippen LogP contribution is 2.20. The van der Waals surface area contributed by atoms with E-state index in [2.05, 4.69) is 33.2 Å². The minimum atomic E-state index is 0.0270. The number of pyridine rings is 1. The predicted octanol–water partition coefficient (Wildman–Crippen LogP) is 2.94. The monoisotopic (exact) mass is 313 g/mol. The van der Waals surface area contributed by atoms with Gasteiger partial charge in [0.2, 0.25) is 5.91 Å². The third-order valence-electron chi connectivity index (χ3n) is 2.97. The Bertz CT molecular complexity index is 384. The van der Waals surface area contributed by atoms with E-state index in [0.717, 1.165) is 24.9 Å². The van der Waals surface area contributed by atoms with Gasteiger partial charge in [0.1, 0.15) is 4.60 Å². The molecule has 1 aromatic heterocycles. The number of amides is 1. The maximum absolute atomic E-state index is 11.8. The van der Waals surface area contributed by atoms with Gasteiger partial charge in [-0.25, -0.2) is 4.98 Å². The Morgan fingerprint density at radius 2 is 2.33 bits per heavy atom. The Hall–Kier alpha value is -0.940. The fraction of sp³-hybridized carbons (Fsp3) is 0.538. The summed E-state index contributed by atoms with van der Waals surface area (Å²) in [7, 11) is 0. The molecule has 1 heterocycles. The number of hydrogen-bond donors (Lipinski definition) is 2. The SMILES string of the molecule is CCC(CCN)CCC(=O)Nc1cccnc1Br. The van der Waals surface area contributed by atoms with E-state index < -0.39 is 0 Å². The average Bonchev–Trinajstić information content (AvgIpc) is 2.37. The average molecular weight is 314 g/mol. The lowest BCUT2D eigenvalue weighted by Crippen LogP contribution is -2.15. The van der Waals surface area contributed by atoms with Gasteiger partial charge < -0.3 is 11.1 Å². The van der Waals surface area contributed by atoms with Crippen LogP contribution in [0.4, 0.5) is 5.69 Å². The van der Waals surface area contributed by atoms with Gasteiger partial charge in [-0.15, -0.1) is 0 Å². The predicted molar refractivity (Wildman–Crippen MR) is 77.3 cm³/mol. The maximum Gasteiger partial charge on any atom is 0.224 e. The summed E-state index contributed by atoms with van der Waals surface area (Å²) in [5.74, 6) is 0.567. The molecule has 1 amide bonds. The molecular weight excluding hydrogens is 294 g/mol. The Morgan fingerprint density at radius 1 is 1.56 bits per heavy atom. The van der Waals surface area contributed by atoms with Crippen LogP contribution in [0.1, 0.15) is 32.6 Å². The standard InChI is InChI=1S/C13H20BrN3O/c1-2-10(7-8-15)5-6-12(18)17-11-4-3-9-16-13(11)14/h3-4,9-10H,2,5-8,15H2,1H3,(H,17,18). The van der Waals surface area contributed by atoms with Crippen molar-refractivity contribution in [3.05, 3.63) is 22.9 Å². The molecule has 100 valence electrons. The van der Waals surface area contributed by atoms with Gasteiger partial charge in [-0.3, -0.25) is 4.79 Å². The smallest absolute Gasteiger partial charge is 0.224 e. The molecule has 0 aliphatic carbocycles. The summed E-state index contributed by atoms with van der Waals surface area (Å²) in [5.41, 5.74) is 6.26. The van der Waals surface area contributed by atoms with E-state index in [1.54, 1.807) is 12.3 Å². The molecule has 1 aromatic rings. The molecule has 4 nitrogen and oxygen atoms in total. The van der Waals surface area contributed by atoms with Crippen molar-refractivity contribution in [1.29, 1.82) is 0 Å². The van der Waals surface area contributed by atoms with E-state index in [9.17, 15) is 4.79 Å². The molecule has 0 saturated heterocycles. The zero-order valence-electron chi connectivity index (χ0n) is 10.7. The molecular formula is C13H20BrN3O. The normalized spacial score (nSPS) is 12.2. The number of carbonyl (C=O) groups is 1. The summed E-state index contributed by atoms with van der Waals surface area (Å²) in [6, 6.07) is 3.62. The topological polar surface area (TPSA) is 68.0 Å². The van der Waals surface area contributed by atoms with Gasteiger partial charge in [-0.1, -0.05) is 13.3 Å². The molecule has 18 heavy (non-hydrogen) atoms. The third kappa shape index (κ3) is 5.14. The van der Waals surface area contributed by atoms with Crippen LogP contribution in [-0.2, 0) is 4.79 Å². The van der Waals surface area contributed by atoms with Gasteiger partial charge in [-0.05, 0) is 53.4 Å². The molecule has 1 rings (SSSR count). The lowest BCUT2D eigenvalue weighted by molar-refractivity contribution is -0.116. The van der Waals surface area contributed by atoms with Crippen molar-refractivity contribution in [1.82, 2.24) is 4.98 Å². The number of aromatic nitrogens is 1. The molecule has 0 fully saturated rings. The van der Waals surface area contributed by atoms with Gasteiger partial charge >= 0.3 is 0 Å². The quantitative estimate of drug-likeness (QED) is 0.760. The number of rotatable bonds is 7. The zero-order chi connectivity index (χ0) is 13.4. The van der Waals surface area contributed by atoms with Crippen LogP contribution < -0.4 is 11.1 Å². The first kappa shape index (κ1) is 15.1. The lowest BCUT2D eigenvalue weighted by atomic mass is 9.96. The first-order chi connectivity index (χ1) is 8.67. The van der Waals surface area contributed by atoms with Gasteiger partial charge in [0.15, 0.2) is 0 Å². The summed E-state index contributed by atoms with van der Waals surface area (Å²) in [6.45, 7) is 2.82. The Balaban J connectivity index is 2.40. The van der Waals surface area contributed by atoms with Crippen molar-refractivity contribution in [2.75, 3.05) is 11.9 Å². The van der Waals surface area contributed by atoms with Crippen LogP contribution in [0.5, 0.6) is 0 Å². The van der Waals surface area contributed by atoms with Gasteiger partial charge in [-0.2, -0.15) is 0 Å². The van der Waals surface area contributed by atoms with Crippen molar-refractivity contribution in [2.45, 2.75) is 32.6 Å². The van der Waals surface area contributed by atoms with Crippen LogP contribution in [0, 0.1) is 5.92 Å². The summed E-state index contributed by atoms with van der Waals surface area (Å²) >= 11 is 3.30. The minimum absolute atomic E-state index is 0.0270. The Morgan fingerprint density at radius 3 is 2.94 bits per heavy atom. The fourth-order valence-electron chi connectivity index (χ4n) is 1.82. The molecule has 1 atom stereocenters. The van der Waals surface area contributed by atoms with Gasteiger partial charge in [0.05, 0.1) is 5.69 Å². The first-order valence-corrected chi connectivity index (χ1v) is 7.07. The number of hydrogen-bond acceptors (Lipinski definition) is 3. The largest absolute Gasteiger partial charge is 0.330 e. The molecule has 0 spiro atoms. The highest BCUT2D eigenvalue weighted by Gasteiger charge is 2.10. The molecule has 0 aliphatic rings. The first-order valence-electron chi connectivity index (χ1n) is 6.27. The van der Waals surface area contributed by atoms with Crippen LogP contribution in [-0.4, -0.2) is 17.4 Å². The fourth-order valence-corrected chi connectivity index (χ4v) is 2.16.